The summed E-state index contributed by atoms with van der Waals surface area (Å²) >= 11 is 0. The van der Waals surface area contributed by atoms with Gasteiger partial charge in [-0.1, -0.05) is 33.4 Å². The van der Waals surface area contributed by atoms with Crippen LogP contribution in [-0.2, 0) is 32.3 Å². The Morgan fingerprint density at radius 2 is 1.72 bits per heavy atom. The number of nitrogens with zero attached hydrogens (tertiary/aromatic N) is 2. The normalized spacial score (nSPS) is 12.9. The molecule has 0 saturated carbocycles. The van der Waals surface area contributed by atoms with Crippen LogP contribution >= 0.6 is 0 Å². The van der Waals surface area contributed by atoms with Crippen LogP contribution in [0.2, 0.25) is 0 Å². The van der Waals surface area contributed by atoms with E-state index in [4.69, 9.17) is 10.5 Å². The van der Waals surface area contributed by atoms with E-state index < -0.39 is 29.2 Å². The highest BCUT2D eigenvalue weighted by Gasteiger charge is 2.31. The Hall–Kier alpha value is -3.73. The molecule has 1 atom stereocenters. The van der Waals surface area contributed by atoms with Crippen LogP contribution in [0.1, 0.15) is 63.6 Å². The number of benzene rings is 2. The lowest BCUT2D eigenvalue weighted by atomic mass is 9.84. The molecule has 0 aromatic heterocycles. The Labute approximate surface area is 225 Å². The largest absolute Gasteiger partial charge is 0.505 e. The van der Waals surface area contributed by atoms with Crippen molar-refractivity contribution in [3.05, 3.63) is 59.2 Å². The molecule has 2 aromatic rings. The summed E-state index contributed by atoms with van der Waals surface area (Å²) in [5.41, 5.74) is 5.55. The van der Waals surface area contributed by atoms with Crippen molar-refractivity contribution < 1.29 is 37.7 Å². The van der Waals surface area contributed by atoms with Crippen molar-refractivity contribution in [3.8, 4) is 5.75 Å². The fourth-order valence-corrected chi connectivity index (χ4v) is 3.49. The summed E-state index contributed by atoms with van der Waals surface area (Å²) in [4.78, 5) is 23.8. The molecule has 0 aliphatic rings. The van der Waals surface area contributed by atoms with Crippen LogP contribution in [0, 0.1) is 0 Å². The lowest BCUT2D eigenvalue weighted by Crippen LogP contribution is -2.20. The Bertz CT molecular complexity index is 1250. The summed E-state index contributed by atoms with van der Waals surface area (Å²) in [6, 6.07) is 5.86. The van der Waals surface area contributed by atoms with Gasteiger partial charge in [-0.3, -0.25) is 9.59 Å². The molecule has 4 N–H and O–H groups in total. The molecule has 0 fully saturated rings. The molecule has 0 bridgehead atoms. The summed E-state index contributed by atoms with van der Waals surface area (Å²) in [5.74, 6) is -0.952. The number of phenolic OH excluding ortho intramolecular Hbond substituents is 1. The quantitative estimate of drug-likeness (QED) is 0.127. The zero-order valence-corrected chi connectivity index (χ0v) is 22.4. The Balaban J connectivity index is 2.18. The molecule has 0 radical (unpaired) electrons. The molecule has 0 saturated heterocycles. The number of carbonyl (C=O) groups excluding carboxylic acids is 2. The van der Waals surface area contributed by atoms with E-state index in [1.807, 2.05) is 20.8 Å². The molecule has 39 heavy (non-hydrogen) atoms. The number of allylic oxidation sites excluding steroid dienone is 1. The number of rotatable bonds is 11. The van der Waals surface area contributed by atoms with Gasteiger partial charge in [-0.25, -0.2) is 0 Å². The zero-order valence-electron chi connectivity index (χ0n) is 22.4. The molecule has 0 amide bonds. The van der Waals surface area contributed by atoms with Gasteiger partial charge in [0.1, 0.15) is 23.7 Å². The molecule has 1 unspecified atom stereocenters. The second-order valence-corrected chi connectivity index (χ2v) is 10.3. The van der Waals surface area contributed by atoms with Crippen molar-refractivity contribution in [1.82, 2.24) is 0 Å². The van der Waals surface area contributed by atoms with Crippen molar-refractivity contribution >= 4 is 28.8 Å². The van der Waals surface area contributed by atoms with Crippen LogP contribution in [0.5, 0.6) is 5.75 Å². The molecular formula is C28H34F3N3O5. The summed E-state index contributed by atoms with van der Waals surface area (Å²) in [7, 11) is 0. The van der Waals surface area contributed by atoms with Crippen molar-refractivity contribution in [1.29, 1.82) is 0 Å². The zero-order chi connectivity index (χ0) is 29.5. The average Bonchev–Trinajstić information content (AvgIpc) is 2.83. The molecule has 2 rings (SSSR count). The number of hydrogen-bond donors (Lipinski definition) is 3. The number of carbonyl (C=O) groups is 2. The lowest BCUT2D eigenvalue weighted by molar-refractivity contribution is -0.146. The van der Waals surface area contributed by atoms with Crippen molar-refractivity contribution in [3.63, 3.8) is 0 Å². The first-order chi connectivity index (χ1) is 18.0. The van der Waals surface area contributed by atoms with E-state index in [-0.39, 0.29) is 60.9 Å². The third kappa shape index (κ3) is 9.51. The van der Waals surface area contributed by atoms with Crippen LogP contribution < -0.4 is 5.73 Å². The number of ether oxygens (including phenoxy) is 1. The predicted molar refractivity (Wildman–Crippen MR) is 141 cm³/mol. The SMILES string of the molecule is C=C(C)C(=O)CCC(O)COC(=O)CCc1cc(N=Nc2cc(C(F)(F)F)ccc2N)c(O)c(C(C)(C)C)c1. The number of esters is 1. The van der Waals surface area contributed by atoms with Gasteiger partial charge >= 0.3 is 12.1 Å². The van der Waals surface area contributed by atoms with Crippen LogP contribution in [0.25, 0.3) is 0 Å². The van der Waals surface area contributed by atoms with Crippen LogP contribution in [0.3, 0.4) is 0 Å². The number of aliphatic hydroxyl groups excluding tert-OH is 1. The molecule has 0 heterocycles. The third-order valence-corrected chi connectivity index (χ3v) is 5.82. The van der Waals surface area contributed by atoms with Gasteiger partial charge < -0.3 is 20.7 Å². The number of azo groups is 1. The van der Waals surface area contributed by atoms with E-state index >= 15 is 0 Å². The van der Waals surface area contributed by atoms with Gasteiger partial charge in [-0.15, -0.1) is 10.2 Å². The highest BCUT2D eigenvalue weighted by Crippen LogP contribution is 2.41. The van der Waals surface area contributed by atoms with Gasteiger partial charge in [0.15, 0.2) is 5.78 Å². The number of nitrogens with two attached hydrogens (primary N) is 1. The first-order valence-electron chi connectivity index (χ1n) is 12.3. The van der Waals surface area contributed by atoms with Gasteiger partial charge in [0.05, 0.1) is 17.4 Å². The number of aromatic hydroxyl groups is 1. The summed E-state index contributed by atoms with van der Waals surface area (Å²) in [6.45, 7) is 10.4. The van der Waals surface area contributed by atoms with Gasteiger partial charge in [0, 0.05) is 18.4 Å². The summed E-state index contributed by atoms with van der Waals surface area (Å²) in [5, 5.41) is 28.6. The van der Waals surface area contributed by atoms with Gasteiger partial charge in [-0.2, -0.15) is 13.2 Å². The fraction of sp³-hybridized carbons (Fsp3) is 0.429. The van der Waals surface area contributed by atoms with Crippen molar-refractivity contribution in [2.45, 2.75) is 71.1 Å². The molecule has 0 aliphatic heterocycles. The van der Waals surface area contributed by atoms with Gasteiger partial charge in [0.25, 0.3) is 0 Å². The number of halogens is 3. The second kappa shape index (κ2) is 12.9. The highest BCUT2D eigenvalue weighted by molar-refractivity contribution is 5.94. The molecule has 0 spiro atoms. The first-order valence-corrected chi connectivity index (χ1v) is 12.3. The number of Topliss-reactive ketones (excluding diaryl/α,β-unsaturated/α-hetero) is 1. The first kappa shape index (κ1) is 31.5. The van der Waals surface area contributed by atoms with Crippen LogP contribution in [0.15, 0.2) is 52.7 Å². The monoisotopic (exact) mass is 549 g/mol. The average molecular weight is 550 g/mol. The van der Waals surface area contributed by atoms with E-state index in [1.54, 1.807) is 13.0 Å². The van der Waals surface area contributed by atoms with Crippen molar-refractivity contribution in [2.24, 2.45) is 10.2 Å². The molecular weight excluding hydrogens is 515 g/mol. The van der Waals surface area contributed by atoms with Crippen LogP contribution in [-0.4, -0.2) is 34.7 Å². The van der Waals surface area contributed by atoms with Crippen molar-refractivity contribution in [2.75, 3.05) is 12.3 Å². The lowest BCUT2D eigenvalue weighted by Gasteiger charge is -2.22. The highest BCUT2D eigenvalue weighted by atomic mass is 19.4. The maximum atomic E-state index is 13.1. The number of aliphatic hydroxyl groups is 1. The number of nitrogen functional groups attached to an aromatic ring is 1. The smallest absolute Gasteiger partial charge is 0.416 e. The Kier molecular flexibility index (Phi) is 10.4. The molecule has 2 aromatic carbocycles. The number of phenols is 1. The number of anilines is 1. The number of aryl methyl sites for hydroxylation is 1. The van der Waals surface area contributed by atoms with E-state index in [0.29, 0.717) is 16.7 Å². The van der Waals surface area contributed by atoms with E-state index in [0.717, 1.165) is 18.2 Å². The molecule has 0 aliphatic carbocycles. The van der Waals surface area contributed by atoms with E-state index in [1.165, 1.54) is 6.07 Å². The minimum Gasteiger partial charge on any atom is -0.505 e. The second-order valence-electron chi connectivity index (χ2n) is 10.3. The fourth-order valence-electron chi connectivity index (χ4n) is 3.49. The summed E-state index contributed by atoms with van der Waals surface area (Å²) in [6.07, 6.45) is -5.21. The number of ketones is 1. The van der Waals surface area contributed by atoms with Gasteiger partial charge in [-0.05, 0) is 60.6 Å². The number of alkyl halides is 3. The van der Waals surface area contributed by atoms with Gasteiger partial charge in [0.2, 0.25) is 0 Å². The standard InChI is InChI=1S/C28H34F3N3O5/c1-16(2)24(36)10-8-19(35)15-39-25(37)11-6-17-12-20(27(3,4)5)26(38)23(13-17)34-33-22-14-18(28(29,30)31)7-9-21(22)32/h7,9,12-14,19,35,38H,1,6,8,10-11,15,32H2,2-5H3. The maximum absolute atomic E-state index is 13.1. The van der Waals surface area contributed by atoms with E-state index in [2.05, 4.69) is 16.8 Å². The third-order valence-electron chi connectivity index (χ3n) is 5.82. The van der Waals surface area contributed by atoms with E-state index in [9.17, 15) is 33.0 Å². The number of hydrogen-bond acceptors (Lipinski definition) is 8. The Morgan fingerprint density at radius 3 is 2.31 bits per heavy atom. The Morgan fingerprint density at radius 1 is 1.08 bits per heavy atom. The minimum absolute atomic E-state index is 0.000190. The summed E-state index contributed by atoms with van der Waals surface area (Å²) < 4.78 is 44.4. The predicted octanol–water partition coefficient (Wildman–Crippen LogP) is 6.47. The molecule has 212 valence electrons. The molecule has 11 heteroatoms. The van der Waals surface area contributed by atoms with Crippen LogP contribution in [0.4, 0.5) is 30.2 Å². The maximum Gasteiger partial charge on any atom is 0.416 e. The minimum atomic E-state index is -4.59. The topological polar surface area (TPSA) is 135 Å². The molecule has 8 nitrogen and oxygen atoms in total.